The largest absolute Gasteiger partial charge is 0.491 e. The Kier molecular flexibility index (Phi) is 7.63. The molecule has 26 heavy (non-hydrogen) atoms. The molecule has 2 rings (SSSR count). The lowest BCUT2D eigenvalue weighted by atomic mass is 10.1. The zero-order valence-corrected chi connectivity index (χ0v) is 16.2. The molecule has 0 aliphatic rings. The minimum Gasteiger partial charge on any atom is -0.491 e. The summed E-state index contributed by atoms with van der Waals surface area (Å²) in [4.78, 5) is 0. The molecule has 1 unspecified atom stereocenters. The van der Waals surface area contributed by atoms with Crippen molar-refractivity contribution in [2.75, 3.05) is 19.8 Å². The van der Waals surface area contributed by atoms with E-state index in [-0.39, 0.29) is 12.1 Å². The van der Waals surface area contributed by atoms with E-state index in [1.807, 2.05) is 32.0 Å². The average molecular weight is 380 g/mol. The molecular formula is C19H26ClN3O3. The predicted octanol–water partition coefficient (Wildman–Crippen LogP) is 2.88. The molecule has 0 radical (unpaired) electrons. The van der Waals surface area contributed by atoms with Gasteiger partial charge in [-0.15, -0.1) is 10.2 Å². The van der Waals surface area contributed by atoms with Gasteiger partial charge in [-0.1, -0.05) is 30.7 Å². The Bertz CT molecular complexity index is 680. The number of β-amino-alcohol motifs (C(OH)–C–C–N with tert-alkyl or cyclic N) is 1. The van der Waals surface area contributed by atoms with Crippen molar-refractivity contribution in [1.29, 1.82) is 0 Å². The lowest BCUT2D eigenvalue weighted by molar-refractivity contribution is 0.0922. The molecule has 0 spiro atoms. The first kappa shape index (κ1) is 20.4. The van der Waals surface area contributed by atoms with Gasteiger partial charge < -0.3 is 19.9 Å². The molecule has 7 heteroatoms. The number of nitrogens with zero attached hydrogens (tertiary/aromatic N) is 2. The molecule has 0 aliphatic heterocycles. The summed E-state index contributed by atoms with van der Waals surface area (Å²) in [5.41, 5.74) is 0.850. The van der Waals surface area contributed by atoms with Crippen LogP contribution in [0.25, 0.3) is 0 Å². The lowest BCUT2D eigenvalue weighted by Gasteiger charge is -2.27. The van der Waals surface area contributed by atoms with E-state index in [1.165, 1.54) is 5.56 Å². The van der Waals surface area contributed by atoms with Gasteiger partial charge in [0.2, 0.25) is 5.88 Å². The average Bonchev–Trinajstić information content (AvgIpc) is 2.64. The van der Waals surface area contributed by atoms with E-state index < -0.39 is 6.10 Å². The van der Waals surface area contributed by atoms with E-state index >= 15 is 0 Å². The standard InChI is InChI=1S/C19H26ClN3O3/c1-4-14-6-5-7-16(10-14)25-12-15(24)11-21-19(2,3)13-26-18-9-8-17(20)22-23-18/h5-10,15,21,24H,4,11-13H2,1-3H3. The quantitative estimate of drug-likeness (QED) is 0.661. The molecule has 0 aliphatic carbocycles. The van der Waals surface area contributed by atoms with Crippen molar-refractivity contribution in [2.24, 2.45) is 0 Å². The summed E-state index contributed by atoms with van der Waals surface area (Å²) in [6.07, 6.45) is 0.322. The van der Waals surface area contributed by atoms with Gasteiger partial charge in [-0.05, 0) is 44.0 Å². The molecule has 2 N–H and O–H groups in total. The van der Waals surface area contributed by atoms with Crippen LogP contribution in [0.15, 0.2) is 36.4 Å². The highest BCUT2D eigenvalue weighted by molar-refractivity contribution is 6.29. The number of nitrogens with one attached hydrogen (secondary N) is 1. The number of halogens is 1. The second kappa shape index (κ2) is 9.71. The van der Waals surface area contributed by atoms with E-state index in [0.717, 1.165) is 12.2 Å². The first-order chi connectivity index (χ1) is 12.4. The summed E-state index contributed by atoms with van der Waals surface area (Å²) in [6.45, 7) is 7.03. The second-order valence-corrected chi connectivity index (χ2v) is 7.10. The van der Waals surface area contributed by atoms with Gasteiger partial charge in [0.25, 0.3) is 0 Å². The molecule has 6 nitrogen and oxygen atoms in total. The third-order valence-corrected chi connectivity index (χ3v) is 3.96. The number of hydrogen-bond acceptors (Lipinski definition) is 6. The van der Waals surface area contributed by atoms with E-state index in [2.05, 4.69) is 28.5 Å². The van der Waals surface area contributed by atoms with Crippen molar-refractivity contribution in [1.82, 2.24) is 15.5 Å². The number of benzene rings is 1. The zero-order chi connectivity index (χ0) is 19.0. The summed E-state index contributed by atoms with van der Waals surface area (Å²) >= 11 is 5.70. The third-order valence-electron chi connectivity index (χ3n) is 3.75. The van der Waals surface area contributed by atoms with Crippen molar-refractivity contribution < 1.29 is 14.6 Å². The SMILES string of the molecule is CCc1cccc(OCC(O)CNC(C)(C)COc2ccc(Cl)nn2)c1. The maximum atomic E-state index is 10.2. The summed E-state index contributed by atoms with van der Waals surface area (Å²) in [5, 5.41) is 21.3. The van der Waals surface area contributed by atoms with Crippen LogP contribution in [0.2, 0.25) is 5.15 Å². The molecule has 0 saturated heterocycles. The van der Waals surface area contributed by atoms with Crippen molar-refractivity contribution >= 4 is 11.6 Å². The van der Waals surface area contributed by atoms with Crippen LogP contribution >= 0.6 is 11.6 Å². The van der Waals surface area contributed by atoms with Gasteiger partial charge in [0, 0.05) is 18.2 Å². The van der Waals surface area contributed by atoms with Crippen molar-refractivity contribution in [3.8, 4) is 11.6 Å². The first-order valence-corrected chi connectivity index (χ1v) is 9.02. The van der Waals surface area contributed by atoms with E-state index in [9.17, 15) is 5.11 Å². The second-order valence-electron chi connectivity index (χ2n) is 6.71. The molecular weight excluding hydrogens is 354 g/mol. The Morgan fingerprint density at radius 3 is 2.69 bits per heavy atom. The number of aromatic nitrogens is 2. The smallest absolute Gasteiger partial charge is 0.233 e. The number of rotatable bonds is 10. The normalized spacial score (nSPS) is 12.7. The number of hydrogen-bond donors (Lipinski definition) is 2. The fourth-order valence-electron chi connectivity index (χ4n) is 2.19. The lowest BCUT2D eigenvalue weighted by Crippen LogP contribution is -2.48. The van der Waals surface area contributed by atoms with Crippen molar-refractivity contribution in [2.45, 2.75) is 38.8 Å². The Balaban J connectivity index is 1.72. The highest BCUT2D eigenvalue weighted by Gasteiger charge is 2.20. The van der Waals surface area contributed by atoms with Gasteiger partial charge in [0.05, 0.1) is 0 Å². The van der Waals surface area contributed by atoms with Gasteiger partial charge in [-0.25, -0.2) is 0 Å². The summed E-state index contributed by atoms with van der Waals surface area (Å²) in [7, 11) is 0. The van der Waals surface area contributed by atoms with Gasteiger partial charge in [-0.3, -0.25) is 0 Å². The van der Waals surface area contributed by atoms with Crippen LogP contribution in [-0.2, 0) is 6.42 Å². The third kappa shape index (κ3) is 7.15. The Hall–Kier alpha value is -1.89. The topological polar surface area (TPSA) is 76.5 Å². The zero-order valence-electron chi connectivity index (χ0n) is 15.4. The van der Waals surface area contributed by atoms with Gasteiger partial charge in [0.1, 0.15) is 25.1 Å². The monoisotopic (exact) mass is 379 g/mol. The highest BCUT2D eigenvalue weighted by Crippen LogP contribution is 2.14. The summed E-state index contributed by atoms with van der Waals surface area (Å²) in [6, 6.07) is 11.2. The Labute approximate surface area is 159 Å². The van der Waals surface area contributed by atoms with Crippen LogP contribution in [0, 0.1) is 0 Å². The van der Waals surface area contributed by atoms with Gasteiger partial charge in [0.15, 0.2) is 5.15 Å². The van der Waals surface area contributed by atoms with Crippen molar-refractivity contribution in [3.05, 3.63) is 47.1 Å². The van der Waals surface area contributed by atoms with E-state index in [1.54, 1.807) is 12.1 Å². The number of ether oxygens (including phenoxy) is 2. The van der Waals surface area contributed by atoms with Crippen LogP contribution in [0.4, 0.5) is 0 Å². The summed E-state index contributed by atoms with van der Waals surface area (Å²) < 4.78 is 11.3. The van der Waals surface area contributed by atoms with Gasteiger partial charge >= 0.3 is 0 Å². The molecule has 0 fully saturated rings. The van der Waals surface area contributed by atoms with Crippen LogP contribution in [0.1, 0.15) is 26.3 Å². The van der Waals surface area contributed by atoms with Crippen LogP contribution in [0.5, 0.6) is 11.6 Å². The van der Waals surface area contributed by atoms with Crippen LogP contribution in [0.3, 0.4) is 0 Å². The Morgan fingerprint density at radius 1 is 1.19 bits per heavy atom. The summed E-state index contributed by atoms with van der Waals surface area (Å²) in [5.74, 6) is 1.18. The molecule has 0 saturated carbocycles. The fraction of sp³-hybridized carbons (Fsp3) is 0.474. The number of aliphatic hydroxyl groups excluding tert-OH is 1. The molecule has 1 heterocycles. The minimum atomic E-state index is -0.630. The molecule has 1 atom stereocenters. The predicted molar refractivity (Wildman–Crippen MR) is 102 cm³/mol. The maximum absolute atomic E-state index is 10.2. The molecule has 0 amide bonds. The molecule has 2 aromatic rings. The molecule has 142 valence electrons. The maximum Gasteiger partial charge on any atom is 0.233 e. The highest BCUT2D eigenvalue weighted by atomic mass is 35.5. The van der Waals surface area contributed by atoms with Crippen LogP contribution in [-0.4, -0.2) is 46.7 Å². The molecule has 1 aromatic carbocycles. The Morgan fingerprint density at radius 2 is 2.00 bits per heavy atom. The van der Waals surface area contributed by atoms with Crippen molar-refractivity contribution in [3.63, 3.8) is 0 Å². The first-order valence-electron chi connectivity index (χ1n) is 8.65. The van der Waals surface area contributed by atoms with E-state index in [4.69, 9.17) is 21.1 Å². The fourth-order valence-corrected chi connectivity index (χ4v) is 2.29. The van der Waals surface area contributed by atoms with Crippen LogP contribution < -0.4 is 14.8 Å². The molecule has 0 bridgehead atoms. The number of aryl methyl sites for hydroxylation is 1. The minimum absolute atomic E-state index is 0.222. The number of aliphatic hydroxyl groups is 1. The van der Waals surface area contributed by atoms with E-state index in [0.29, 0.717) is 24.2 Å². The molecule has 1 aromatic heterocycles. The van der Waals surface area contributed by atoms with Gasteiger partial charge in [-0.2, -0.15) is 0 Å².